The van der Waals surface area contributed by atoms with Crippen molar-refractivity contribution in [2.45, 2.75) is 18.9 Å². The van der Waals surface area contributed by atoms with Gasteiger partial charge in [-0.15, -0.1) is 0 Å². The number of halogens is 3. The van der Waals surface area contributed by atoms with Crippen LogP contribution in [-0.2, 0) is 6.42 Å². The van der Waals surface area contributed by atoms with Gasteiger partial charge in [0, 0.05) is 0 Å². The first-order chi connectivity index (χ1) is 7.60. The molecule has 1 atom stereocenters. The normalized spacial score (nSPS) is 12.9. The van der Waals surface area contributed by atoms with Crippen LogP contribution in [-0.4, -0.2) is 26.6 Å². The molecular formula is C11H14F3NO. The standard InChI is InChI=1S/C11H14F3NO/c1-15-8(11(13)14)6-7-4-3-5-9(16-2)10(7)12/h3-5,8,11,15H,6H2,1-2H3. The lowest BCUT2D eigenvalue weighted by Crippen LogP contribution is -2.34. The second-order valence-electron chi connectivity index (χ2n) is 3.37. The van der Waals surface area contributed by atoms with Crippen molar-refractivity contribution in [3.8, 4) is 5.75 Å². The van der Waals surface area contributed by atoms with E-state index in [1.807, 2.05) is 0 Å². The van der Waals surface area contributed by atoms with Gasteiger partial charge in [-0.3, -0.25) is 0 Å². The Morgan fingerprint density at radius 3 is 2.56 bits per heavy atom. The van der Waals surface area contributed by atoms with Crippen molar-refractivity contribution in [1.82, 2.24) is 5.32 Å². The Bertz CT molecular complexity index is 344. The number of likely N-dealkylation sites (N-methyl/N-ethyl adjacent to an activating group) is 1. The maximum Gasteiger partial charge on any atom is 0.254 e. The summed E-state index contributed by atoms with van der Waals surface area (Å²) in [6.45, 7) is 0. The summed E-state index contributed by atoms with van der Waals surface area (Å²) in [7, 11) is 2.76. The first-order valence-electron chi connectivity index (χ1n) is 4.87. The van der Waals surface area contributed by atoms with Crippen molar-refractivity contribution in [2.24, 2.45) is 0 Å². The molecule has 0 aliphatic carbocycles. The van der Waals surface area contributed by atoms with Crippen molar-refractivity contribution in [3.05, 3.63) is 29.6 Å². The highest BCUT2D eigenvalue weighted by atomic mass is 19.3. The smallest absolute Gasteiger partial charge is 0.254 e. The number of benzene rings is 1. The summed E-state index contributed by atoms with van der Waals surface area (Å²) < 4.78 is 43.4. The molecule has 1 aromatic carbocycles. The molecule has 16 heavy (non-hydrogen) atoms. The summed E-state index contributed by atoms with van der Waals surface area (Å²) >= 11 is 0. The predicted molar refractivity (Wildman–Crippen MR) is 55.5 cm³/mol. The lowest BCUT2D eigenvalue weighted by molar-refractivity contribution is 0.102. The maximum absolute atomic E-state index is 13.6. The zero-order valence-corrected chi connectivity index (χ0v) is 9.14. The van der Waals surface area contributed by atoms with E-state index < -0.39 is 18.3 Å². The van der Waals surface area contributed by atoms with Crippen LogP contribution in [0.4, 0.5) is 13.2 Å². The van der Waals surface area contributed by atoms with Gasteiger partial charge in [0.05, 0.1) is 13.2 Å². The van der Waals surface area contributed by atoms with Crippen LogP contribution >= 0.6 is 0 Å². The van der Waals surface area contributed by atoms with Gasteiger partial charge in [0.15, 0.2) is 11.6 Å². The molecule has 2 nitrogen and oxygen atoms in total. The van der Waals surface area contributed by atoms with Crippen molar-refractivity contribution in [1.29, 1.82) is 0 Å². The van der Waals surface area contributed by atoms with Gasteiger partial charge in [0.2, 0.25) is 0 Å². The number of ether oxygens (including phenoxy) is 1. The quantitative estimate of drug-likeness (QED) is 0.842. The van der Waals surface area contributed by atoms with Gasteiger partial charge < -0.3 is 10.1 Å². The molecule has 0 saturated carbocycles. The fourth-order valence-corrected chi connectivity index (χ4v) is 1.43. The number of rotatable bonds is 5. The summed E-state index contributed by atoms with van der Waals surface area (Å²) in [6, 6.07) is 3.46. The monoisotopic (exact) mass is 233 g/mol. The molecule has 0 fully saturated rings. The van der Waals surface area contributed by atoms with E-state index in [2.05, 4.69) is 5.32 Å². The Kier molecular flexibility index (Phi) is 4.61. The number of methoxy groups -OCH3 is 1. The molecule has 1 aromatic rings. The van der Waals surface area contributed by atoms with Crippen LogP contribution in [0.5, 0.6) is 5.75 Å². The molecule has 0 aliphatic rings. The molecule has 0 heterocycles. The average molecular weight is 233 g/mol. The topological polar surface area (TPSA) is 21.3 Å². The molecule has 5 heteroatoms. The van der Waals surface area contributed by atoms with Crippen LogP contribution < -0.4 is 10.1 Å². The van der Waals surface area contributed by atoms with E-state index in [1.165, 1.54) is 26.3 Å². The molecule has 0 amide bonds. The first-order valence-corrected chi connectivity index (χ1v) is 4.87. The molecule has 0 spiro atoms. The van der Waals surface area contributed by atoms with Crippen LogP contribution in [0.3, 0.4) is 0 Å². The predicted octanol–water partition coefficient (Wildman–Crippen LogP) is 2.23. The lowest BCUT2D eigenvalue weighted by atomic mass is 10.1. The summed E-state index contributed by atoms with van der Waals surface area (Å²) in [6.07, 6.45) is -2.60. The minimum Gasteiger partial charge on any atom is -0.494 e. The zero-order valence-electron chi connectivity index (χ0n) is 9.14. The molecule has 90 valence electrons. The Morgan fingerprint density at radius 1 is 1.38 bits per heavy atom. The summed E-state index contributed by atoms with van der Waals surface area (Å²) in [5, 5.41) is 2.46. The van der Waals surface area contributed by atoms with Gasteiger partial charge in [-0.05, 0) is 25.1 Å². The van der Waals surface area contributed by atoms with Crippen molar-refractivity contribution in [3.63, 3.8) is 0 Å². The molecule has 0 saturated heterocycles. The van der Waals surface area contributed by atoms with E-state index in [0.29, 0.717) is 0 Å². The Hall–Kier alpha value is -1.23. The van der Waals surface area contributed by atoms with Crippen LogP contribution in [0.15, 0.2) is 18.2 Å². The van der Waals surface area contributed by atoms with E-state index in [1.54, 1.807) is 6.07 Å². The fourth-order valence-electron chi connectivity index (χ4n) is 1.43. The second-order valence-corrected chi connectivity index (χ2v) is 3.37. The summed E-state index contributed by atoms with van der Waals surface area (Å²) in [5.74, 6) is -0.507. The highest BCUT2D eigenvalue weighted by Crippen LogP contribution is 2.21. The largest absolute Gasteiger partial charge is 0.494 e. The average Bonchev–Trinajstić information content (AvgIpc) is 2.27. The second kappa shape index (κ2) is 5.75. The van der Waals surface area contributed by atoms with Gasteiger partial charge in [-0.25, -0.2) is 13.2 Å². The number of hydrogen-bond acceptors (Lipinski definition) is 2. The van der Waals surface area contributed by atoms with Crippen molar-refractivity contribution < 1.29 is 17.9 Å². The number of hydrogen-bond donors (Lipinski definition) is 1. The van der Waals surface area contributed by atoms with Gasteiger partial charge >= 0.3 is 0 Å². The Balaban J connectivity index is 2.88. The van der Waals surface area contributed by atoms with Crippen LogP contribution in [0, 0.1) is 5.82 Å². The summed E-state index contributed by atoms with van der Waals surface area (Å²) in [5.41, 5.74) is 0.221. The lowest BCUT2D eigenvalue weighted by Gasteiger charge is -2.16. The maximum atomic E-state index is 13.6. The summed E-state index contributed by atoms with van der Waals surface area (Å²) in [4.78, 5) is 0. The Morgan fingerprint density at radius 2 is 2.06 bits per heavy atom. The molecule has 0 aliphatic heterocycles. The highest BCUT2D eigenvalue weighted by Gasteiger charge is 2.21. The zero-order chi connectivity index (χ0) is 12.1. The van der Waals surface area contributed by atoms with E-state index in [4.69, 9.17) is 4.74 Å². The van der Waals surface area contributed by atoms with E-state index >= 15 is 0 Å². The molecule has 1 unspecified atom stereocenters. The van der Waals surface area contributed by atoms with E-state index in [-0.39, 0.29) is 17.7 Å². The van der Waals surface area contributed by atoms with Crippen LogP contribution in [0.25, 0.3) is 0 Å². The number of nitrogens with one attached hydrogen (secondary N) is 1. The molecule has 0 radical (unpaired) electrons. The van der Waals surface area contributed by atoms with Crippen LogP contribution in [0.2, 0.25) is 0 Å². The van der Waals surface area contributed by atoms with E-state index in [9.17, 15) is 13.2 Å². The molecule has 0 aromatic heterocycles. The number of alkyl halides is 2. The van der Waals surface area contributed by atoms with Gasteiger partial charge in [0.25, 0.3) is 6.43 Å². The Labute approximate surface area is 92.4 Å². The minimum atomic E-state index is -2.53. The van der Waals surface area contributed by atoms with Gasteiger partial charge in [0.1, 0.15) is 0 Å². The minimum absolute atomic E-state index is 0.0709. The molecule has 1 N–H and O–H groups in total. The first kappa shape index (κ1) is 12.8. The SMILES string of the molecule is CNC(Cc1cccc(OC)c1F)C(F)F. The van der Waals surface area contributed by atoms with Crippen LogP contribution in [0.1, 0.15) is 5.56 Å². The third-order valence-corrected chi connectivity index (χ3v) is 2.38. The van der Waals surface area contributed by atoms with Crippen molar-refractivity contribution >= 4 is 0 Å². The van der Waals surface area contributed by atoms with Gasteiger partial charge in [-0.2, -0.15) is 0 Å². The highest BCUT2D eigenvalue weighted by molar-refractivity contribution is 5.31. The third-order valence-electron chi connectivity index (χ3n) is 2.38. The third kappa shape index (κ3) is 2.88. The molecule has 1 rings (SSSR count). The van der Waals surface area contributed by atoms with E-state index in [0.717, 1.165) is 0 Å². The fraction of sp³-hybridized carbons (Fsp3) is 0.455. The van der Waals surface area contributed by atoms with Crippen molar-refractivity contribution in [2.75, 3.05) is 14.2 Å². The van der Waals surface area contributed by atoms with Gasteiger partial charge in [-0.1, -0.05) is 12.1 Å². The molecule has 0 bridgehead atoms. The molecular weight excluding hydrogens is 219 g/mol.